The van der Waals surface area contributed by atoms with Crippen LogP contribution in [0.3, 0.4) is 0 Å². The van der Waals surface area contributed by atoms with E-state index in [1.807, 2.05) is 27.1 Å². The molecule has 0 aliphatic carbocycles. The summed E-state index contributed by atoms with van der Waals surface area (Å²) in [5.41, 5.74) is 3.11. The second-order valence-corrected chi connectivity index (χ2v) is 4.46. The maximum atomic E-state index is 13.2. The van der Waals surface area contributed by atoms with Gasteiger partial charge in [0.2, 0.25) is 0 Å². The predicted octanol–water partition coefficient (Wildman–Crippen LogP) is 2.18. The summed E-state index contributed by atoms with van der Waals surface area (Å²) in [6.45, 7) is 2.73. The molecule has 3 nitrogen and oxygen atoms in total. The van der Waals surface area contributed by atoms with E-state index in [1.165, 1.54) is 6.07 Å². The number of nitrogens with one attached hydrogen (secondary N) is 1. The minimum atomic E-state index is -0.192. The number of rotatable bonds is 4. The Labute approximate surface area is 107 Å². The monoisotopic (exact) mass is 247 g/mol. The summed E-state index contributed by atoms with van der Waals surface area (Å²) in [6.07, 6.45) is 0.705. The van der Waals surface area contributed by atoms with Gasteiger partial charge in [0.05, 0.1) is 12.2 Å². The van der Waals surface area contributed by atoms with E-state index in [0.29, 0.717) is 6.42 Å². The molecule has 0 atom stereocenters. The van der Waals surface area contributed by atoms with Gasteiger partial charge >= 0.3 is 0 Å². The molecule has 1 N–H and O–H groups in total. The molecule has 0 spiro atoms. The van der Waals surface area contributed by atoms with Crippen LogP contribution in [0.4, 0.5) is 4.39 Å². The third kappa shape index (κ3) is 2.59. The zero-order valence-electron chi connectivity index (χ0n) is 11.0. The molecule has 1 aromatic heterocycles. The number of hydrogen-bond donors (Lipinski definition) is 1. The average Bonchev–Trinajstić information content (AvgIpc) is 2.58. The minimum absolute atomic E-state index is 0.192. The molecule has 2 rings (SSSR count). The van der Waals surface area contributed by atoms with Crippen molar-refractivity contribution in [1.82, 2.24) is 14.9 Å². The van der Waals surface area contributed by atoms with Crippen LogP contribution < -0.4 is 5.32 Å². The lowest BCUT2D eigenvalue weighted by molar-refractivity contribution is 0.625. The van der Waals surface area contributed by atoms with E-state index in [4.69, 9.17) is 0 Å². The molecule has 0 amide bonds. The maximum Gasteiger partial charge on any atom is 0.123 e. The summed E-state index contributed by atoms with van der Waals surface area (Å²) >= 11 is 0. The highest BCUT2D eigenvalue weighted by Gasteiger charge is 2.11. The normalized spacial score (nSPS) is 10.9. The quantitative estimate of drug-likeness (QED) is 0.897. The van der Waals surface area contributed by atoms with Gasteiger partial charge in [0.25, 0.3) is 0 Å². The van der Waals surface area contributed by atoms with Gasteiger partial charge < -0.3 is 9.88 Å². The highest BCUT2D eigenvalue weighted by Crippen LogP contribution is 2.15. The van der Waals surface area contributed by atoms with E-state index in [2.05, 4.69) is 14.9 Å². The fraction of sp³-hybridized carbons (Fsp3) is 0.357. The molecule has 1 heterocycles. The van der Waals surface area contributed by atoms with Crippen LogP contribution in [-0.4, -0.2) is 16.6 Å². The lowest BCUT2D eigenvalue weighted by atomic mass is 10.1. The lowest BCUT2D eigenvalue weighted by Gasteiger charge is -2.06. The Kier molecular flexibility index (Phi) is 3.77. The van der Waals surface area contributed by atoms with Crippen molar-refractivity contribution in [2.45, 2.75) is 19.9 Å². The molecule has 0 fully saturated rings. The summed E-state index contributed by atoms with van der Waals surface area (Å²) < 4.78 is 15.2. The smallest absolute Gasteiger partial charge is 0.123 e. The summed E-state index contributed by atoms with van der Waals surface area (Å²) in [4.78, 5) is 4.53. The van der Waals surface area contributed by atoms with Gasteiger partial charge in [-0.15, -0.1) is 0 Å². The summed E-state index contributed by atoms with van der Waals surface area (Å²) in [7, 11) is 3.90. The molecule has 0 saturated heterocycles. The Bertz CT molecular complexity index is 546. The second-order valence-electron chi connectivity index (χ2n) is 4.46. The topological polar surface area (TPSA) is 29.9 Å². The van der Waals surface area contributed by atoms with E-state index < -0.39 is 0 Å². The second kappa shape index (κ2) is 5.31. The van der Waals surface area contributed by atoms with Crippen molar-refractivity contribution < 1.29 is 4.39 Å². The Morgan fingerprint density at radius 3 is 2.83 bits per heavy atom. The Morgan fingerprint density at radius 1 is 1.39 bits per heavy atom. The third-order valence-corrected chi connectivity index (χ3v) is 3.10. The SMILES string of the molecule is CNCc1nc(C)c(Cc2cccc(F)c2)n1C. The molecule has 0 saturated carbocycles. The number of nitrogens with zero attached hydrogens (tertiary/aromatic N) is 2. The van der Waals surface area contributed by atoms with Crippen LogP contribution in [-0.2, 0) is 20.0 Å². The largest absolute Gasteiger partial charge is 0.333 e. The first kappa shape index (κ1) is 12.8. The first-order chi connectivity index (χ1) is 8.61. The third-order valence-electron chi connectivity index (χ3n) is 3.10. The van der Waals surface area contributed by atoms with Crippen LogP contribution in [0.1, 0.15) is 22.8 Å². The van der Waals surface area contributed by atoms with E-state index in [0.717, 1.165) is 29.3 Å². The van der Waals surface area contributed by atoms with Crippen molar-refractivity contribution in [1.29, 1.82) is 0 Å². The molecule has 96 valence electrons. The number of imidazole rings is 1. The molecule has 2 aromatic rings. The van der Waals surface area contributed by atoms with E-state index in [9.17, 15) is 4.39 Å². The molecule has 1 aromatic carbocycles. The molecule has 0 aliphatic rings. The van der Waals surface area contributed by atoms with E-state index >= 15 is 0 Å². The predicted molar refractivity (Wildman–Crippen MR) is 69.9 cm³/mol. The lowest BCUT2D eigenvalue weighted by Crippen LogP contribution is -2.11. The molecule has 0 bridgehead atoms. The van der Waals surface area contributed by atoms with Gasteiger partial charge in [0, 0.05) is 19.2 Å². The highest BCUT2D eigenvalue weighted by molar-refractivity contribution is 5.26. The molecule has 0 radical (unpaired) electrons. The number of aryl methyl sites for hydroxylation is 1. The van der Waals surface area contributed by atoms with Gasteiger partial charge in [-0.05, 0) is 31.7 Å². The van der Waals surface area contributed by atoms with Crippen molar-refractivity contribution in [2.75, 3.05) is 7.05 Å². The van der Waals surface area contributed by atoms with Crippen LogP contribution in [0.2, 0.25) is 0 Å². The number of aromatic nitrogens is 2. The zero-order valence-corrected chi connectivity index (χ0v) is 11.0. The summed E-state index contributed by atoms with van der Waals surface area (Å²) in [6, 6.07) is 6.72. The maximum absolute atomic E-state index is 13.2. The van der Waals surface area contributed by atoms with Gasteiger partial charge in [0.1, 0.15) is 11.6 Å². The zero-order chi connectivity index (χ0) is 13.1. The molecule has 18 heavy (non-hydrogen) atoms. The van der Waals surface area contributed by atoms with Crippen molar-refractivity contribution in [3.05, 3.63) is 52.9 Å². The van der Waals surface area contributed by atoms with E-state index in [1.54, 1.807) is 12.1 Å². The van der Waals surface area contributed by atoms with Crippen molar-refractivity contribution >= 4 is 0 Å². The van der Waals surface area contributed by atoms with E-state index in [-0.39, 0.29) is 5.82 Å². The number of benzene rings is 1. The van der Waals surface area contributed by atoms with Crippen molar-refractivity contribution in [2.24, 2.45) is 7.05 Å². The van der Waals surface area contributed by atoms with Crippen LogP contribution in [0.25, 0.3) is 0 Å². The average molecular weight is 247 g/mol. The molecule has 0 aliphatic heterocycles. The number of halogens is 1. The standard InChI is InChI=1S/C14H18FN3/c1-10-13(18(3)14(17-10)9-16-2)8-11-5-4-6-12(15)7-11/h4-7,16H,8-9H2,1-3H3. The Hall–Kier alpha value is -1.68. The Morgan fingerprint density at radius 2 is 2.17 bits per heavy atom. The first-order valence-electron chi connectivity index (χ1n) is 6.02. The van der Waals surface area contributed by atoms with Crippen molar-refractivity contribution in [3.63, 3.8) is 0 Å². The van der Waals surface area contributed by atoms with Gasteiger partial charge in [0.15, 0.2) is 0 Å². The van der Waals surface area contributed by atoms with Crippen LogP contribution in [0.5, 0.6) is 0 Å². The van der Waals surface area contributed by atoms with Crippen LogP contribution in [0, 0.1) is 12.7 Å². The van der Waals surface area contributed by atoms with Gasteiger partial charge in [-0.1, -0.05) is 12.1 Å². The number of hydrogen-bond acceptors (Lipinski definition) is 2. The fourth-order valence-corrected chi connectivity index (χ4v) is 2.13. The fourth-order valence-electron chi connectivity index (χ4n) is 2.13. The molecule has 4 heteroatoms. The van der Waals surface area contributed by atoms with Crippen molar-refractivity contribution in [3.8, 4) is 0 Å². The Balaban J connectivity index is 2.29. The van der Waals surface area contributed by atoms with Crippen LogP contribution >= 0.6 is 0 Å². The summed E-state index contributed by atoms with van der Waals surface area (Å²) in [5.74, 6) is 0.809. The van der Waals surface area contributed by atoms with Gasteiger partial charge in [-0.25, -0.2) is 9.37 Å². The molecular formula is C14H18FN3. The first-order valence-corrected chi connectivity index (χ1v) is 6.02. The molecular weight excluding hydrogens is 229 g/mol. The molecule has 0 unspecified atom stereocenters. The van der Waals surface area contributed by atoms with Crippen LogP contribution in [0.15, 0.2) is 24.3 Å². The summed E-state index contributed by atoms with van der Waals surface area (Å²) in [5, 5.41) is 3.10. The highest BCUT2D eigenvalue weighted by atomic mass is 19.1. The minimum Gasteiger partial charge on any atom is -0.333 e. The van der Waals surface area contributed by atoms with Gasteiger partial charge in [-0.2, -0.15) is 0 Å². The van der Waals surface area contributed by atoms with Gasteiger partial charge in [-0.3, -0.25) is 0 Å².